The molecular formula is C9H9NO5. The van der Waals surface area contributed by atoms with Gasteiger partial charge in [0.1, 0.15) is 5.56 Å². The van der Waals surface area contributed by atoms with E-state index in [2.05, 4.69) is 0 Å². The number of carboxylic acid groups (broad SMARTS) is 1. The molecule has 0 atom stereocenters. The number of ether oxygens (including phenoxy) is 3. The molecule has 0 unspecified atom stereocenters. The molecule has 0 saturated heterocycles. The number of hydrogen-bond donors (Lipinski definition) is 2. The number of methoxy groups -OCH3 is 1. The summed E-state index contributed by atoms with van der Waals surface area (Å²) in [6.07, 6.45) is 0. The summed E-state index contributed by atoms with van der Waals surface area (Å²) in [5.41, 5.74) is 5.79. The van der Waals surface area contributed by atoms with E-state index < -0.39 is 5.97 Å². The Balaban J connectivity index is 2.68. The van der Waals surface area contributed by atoms with E-state index in [1.165, 1.54) is 13.2 Å². The number of fused-ring (bicyclic) bond motifs is 1. The van der Waals surface area contributed by atoms with Gasteiger partial charge in [-0.3, -0.25) is 0 Å². The summed E-state index contributed by atoms with van der Waals surface area (Å²) in [5.74, 6) is -0.423. The second-order valence-corrected chi connectivity index (χ2v) is 2.92. The van der Waals surface area contributed by atoms with E-state index >= 15 is 0 Å². The van der Waals surface area contributed by atoms with Gasteiger partial charge in [0.25, 0.3) is 0 Å². The number of nitrogen functional groups attached to an aromatic ring is 1. The minimum Gasteiger partial charge on any atom is -0.492 e. The van der Waals surface area contributed by atoms with Crippen LogP contribution in [0.15, 0.2) is 6.07 Å². The summed E-state index contributed by atoms with van der Waals surface area (Å²) in [7, 11) is 1.36. The van der Waals surface area contributed by atoms with Gasteiger partial charge in [-0.25, -0.2) is 4.79 Å². The van der Waals surface area contributed by atoms with Crippen LogP contribution in [0.25, 0.3) is 0 Å². The van der Waals surface area contributed by atoms with Crippen molar-refractivity contribution in [3.8, 4) is 17.2 Å². The molecule has 0 amide bonds. The van der Waals surface area contributed by atoms with Crippen molar-refractivity contribution in [2.24, 2.45) is 0 Å². The van der Waals surface area contributed by atoms with Crippen molar-refractivity contribution in [1.29, 1.82) is 0 Å². The van der Waals surface area contributed by atoms with Gasteiger partial charge < -0.3 is 25.1 Å². The summed E-state index contributed by atoms with van der Waals surface area (Å²) in [6, 6.07) is 1.29. The molecule has 0 radical (unpaired) electrons. The van der Waals surface area contributed by atoms with Gasteiger partial charge in [0.05, 0.1) is 12.8 Å². The van der Waals surface area contributed by atoms with Crippen LogP contribution >= 0.6 is 0 Å². The number of hydrogen-bond acceptors (Lipinski definition) is 5. The number of benzene rings is 1. The van der Waals surface area contributed by atoms with Crippen LogP contribution in [0.3, 0.4) is 0 Å². The van der Waals surface area contributed by atoms with E-state index in [9.17, 15) is 4.79 Å². The van der Waals surface area contributed by atoms with Gasteiger partial charge in [-0.2, -0.15) is 0 Å². The molecule has 0 aliphatic carbocycles. The minimum atomic E-state index is -1.13. The maximum absolute atomic E-state index is 10.9. The number of nitrogens with two attached hydrogens (primary N) is 1. The first-order valence-corrected chi connectivity index (χ1v) is 4.14. The molecule has 2 rings (SSSR count). The molecule has 1 heterocycles. The largest absolute Gasteiger partial charge is 0.492 e. The van der Waals surface area contributed by atoms with Crippen molar-refractivity contribution in [2.75, 3.05) is 19.6 Å². The Morgan fingerprint density at radius 3 is 2.80 bits per heavy atom. The van der Waals surface area contributed by atoms with Crippen molar-refractivity contribution in [3.63, 3.8) is 0 Å². The molecule has 0 spiro atoms. The Bertz CT molecular complexity index is 429. The maximum Gasteiger partial charge on any atom is 0.339 e. The van der Waals surface area contributed by atoms with Gasteiger partial charge in [-0.1, -0.05) is 0 Å². The fourth-order valence-electron chi connectivity index (χ4n) is 1.43. The summed E-state index contributed by atoms with van der Waals surface area (Å²) in [6.45, 7) is 0.0129. The first-order chi connectivity index (χ1) is 7.15. The summed E-state index contributed by atoms with van der Waals surface area (Å²) in [4.78, 5) is 10.9. The molecule has 0 fully saturated rings. The van der Waals surface area contributed by atoms with Crippen molar-refractivity contribution in [3.05, 3.63) is 11.6 Å². The Hall–Kier alpha value is -2.11. The molecule has 1 aromatic carbocycles. The molecule has 3 N–H and O–H groups in total. The number of rotatable bonds is 2. The molecule has 80 valence electrons. The minimum absolute atomic E-state index is 0.0129. The smallest absolute Gasteiger partial charge is 0.339 e. The Kier molecular flexibility index (Phi) is 2.03. The lowest BCUT2D eigenvalue weighted by atomic mass is 10.1. The predicted octanol–water partition coefficient (Wildman–Crippen LogP) is 0.704. The predicted molar refractivity (Wildman–Crippen MR) is 50.5 cm³/mol. The lowest BCUT2D eigenvalue weighted by molar-refractivity contribution is 0.0692. The van der Waals surface area contributed by atoms with Crippen LogP contribution in [-0.4, -0.2) is 25.0 Å². The Morgan fingerprint density at radius 1 is 1.53 bits per heavy atom. The monoisotopic (exact) mass is 211 g/mol. The normalized spacial score (nSPS) is 12.6. The third-order valence-corrected chi connectivity index (χ3v) is 2.06. The Morgan fingerprint density at radius 2 is 2.20 bits per heavy atom. The summed E-state index contributed by atoms with van der Waals surface area (Å²) in [5, 5.41) is 8.92. The van der Waals surface area contributed by atoms with Crippen molar-refractivity contribution >= 4 is 11.7 Å². The number of aromatic carboxylic acids is 1. The molecule has 1 aliphatic rings. The fraction of sp³-hybridized carbons (Fsp3) is 0.222. The highest BCUT2D eigenvalue weighted by Gasteiger charge is 2.27. The van der Waals surface area contributed by atoms with Crippen molar-refractivity contribution < 1.29 is 24.1 Å². The van der Waals surface area contributed by atoms with Gasteiger partial charge in [0, 0.05) is 0 Å². The van der Waals surface area contributed by atoms with E-state index in [1.807, 2.05) is 0 Å². The molecule has 6 heteroatoms. The fourth-order valence-corrected chi connectivity index (χ4v) is 1.43. The van der Waals surface area contributed by atoms with E-state index in [4.69, 9.17) is 25.1 Å². The number of carboxylic acids is 1. The number of carbonyl (C=O) groups is 1. The van der Waals surface area contributed by atoms with E-state index in [-0.39, 0.29) is 29.5 Å². The molecule has 0 aromatic heterocycles. The summed E-state index contributed by atoms with van der Waals surface area (Å²) >= 11 is 0. The van der Waals surface area contributed by atoms with Crippen molar-refractivity contribution in [2.45, 2.75) is 0 Å². The summed E-state index contributed by atoms with van der Waals surface area (Å²) < 4.78 is 15.2. The zero-order chi connectivity index (χ0) is 11.0. The van der Waals surface area contributed by atoms with Crippen LogP contribution in [-0.2, 0) is 0 Å². The van der Waals surface area contributed by atoms with Gasteiger partial charge in [-0.05, 0) is 6.07 Å². The molecular weight excluding hydrogens is 202 g/mol. The first-order valence-electron chi connectivity index (χ1n) is 4.14. The van der Waals surface area contributed by atoms with Crippen molar-refractivity contribution in [1.82, 2.24) is 0 Å². The zero-order valence-electron chi connectivity index (χ0n) is 7.94. The maximum atomic E-state index is 10.9. The molecule has 1 aliphatic heterocycles. The average molecular weight is 211 g/mol. The van der Waals surface area contributed by atoms with Crippen LogP contribution in [0.1, 0.15) is 10.4 Å². The van der Waals surface area contributed by atoms with Gasteiger partial charge in [0.15, 0.2) is 11.5 Å². The molecule has 1 aromatic rings. The van der Waals surface area contributed by atoms with Crippen LogP contribution in [0.4, 0.5) is 5.69 Å². The molecule has 0 bridgehead atoms. The van der Waals surface area contributed by atoms with Gasteiger partial charge in [-0.15, -0.1) is 0 Å². The van der Waals surface area contributed by atoms with Crippen LogP contribution in [0, 0.1) is 0 Å². The first kappa shape index (κ1) is 9.45. The zero-order valence-corrected chi connectivity index (χ0v) is 7.94. The quantitative estimate of drug-likeness (QED) is 0.700. The van der Waals surface area contributed by atoms with E-state index in [1.54, 1.807) is 0 Å². The third-order valence-electron chi connectivity index (χ3n) is 2.06. The Labute approximate surface area is 85.2 Å². The average Bonchev–Trinajstić information content (AvgIpc) is 2.66. The molecule has 15 heavy (non-hydrogen) atoms. The van der Waals surface area contributed by atoms with E-state index in [0.717, 1.165) is 0 Å². The topological polar surface area (TPSA) is 91.0 Å². The lowest BCUT2D eigenvalue weighted by Gasteiger charge is -2.09. The second kappa shape index (κ2) is 3.23. The third kappa shape index (κ3) is 1.30. The van der Waals surface area contributed by atoms with Crippen LogP contribution in [0.5, 0.6) is 17.2 Å². The molecule has 6 nitrogen and oxygen atoms in total. The SMILES string of the molecule is COc1c(C(=O)O)cc(N)c2c1OCO2. The number of anilines is 1. The molecule has 0 saturated carbocycles. The van der Waals surface area contributed by atoms with E-state index in [0.29, 0.717) is 5.75 Å². The van der Waals surface area contributed by atoms with Crippen LogP contribution in [0.2, 0.25) is 0 Å². The highest BCUT2D eigenvalue weighted by molar-refractivity contribution is 5.95. The highest BCUT2D eigenvalue weighted by Crippen LogP contribution is 2.47. The van der Waals surface area contributed by atoms with Gasteiger partial charge >= 0.3 is 5.97 Å². The van der Waals surface area contributed by atoms with Gasteiger partial charge in [0.2, 0.25) is 12.5 Å². The second-order valence-electron chi connectivity index (χ2n) is 2.92. The highest BCUT2D eigenvalue weighted by atomic mass is 16.7. The van der Waals surface area contributed by atoms with Crippen LogP contribution < -0.4 is 19.9 Å². The lowest BCUT2D eigenvalue weighted by Crippen LogP contribution is -2.03. The standard InChI is InChI=1S/C9H9NO5/c1-13-6-4(9(11)12)2-5(10)7-8(6)15-3-14-7/h2H,3,10H2,1H3,(H,11,12).